The highest BCUT2D eigenvalue weighted by atomic mass is 35.5. The first kappa shape index (κ1) is 35.0. The summed E-state index contributed by atoms with van der Waals surface area (Å²) in [5.41, 5.74) is 2.58. The van der Waals surface area contributed by atoms with E-state index < -0.39 is 28.5 Å². The average Bonchev–Trinajstić information content (AvgIpc) is 2.99. The van der Waals surface area contributed by atoms with Gasteiger partial charge in [-0.1, -0.05) is 49.2 Å². The van der Waals surface area contributed by atoms with Crippen LogP contribution in [-0.2, 0) is 26.2 Å². The molecule has 0 bridgehead atoms. The average molecular weight is 665 g/mol. The monoisotopic (exact) mass is 663 g/mol. The summed E-state index contributed by atoms with van der Waals surface area (Å²) in [5.74, 6) is -0.321. The first-order chi connectivity index (χ1) is 20.9. The second-order valence-electron chi connectivity index (χ2n) is 10.4. The van der Waals surface area contributed by atoms with Crippen LogP contribution in [0, 0.1) is 13.8 Å². The number of carbonyl (C=O) groups excluding carboxylic acids is 2. The van der Waals surface area contributed by atoms with Crippen LogP contribution in [0.4, 0.5) is 5.69 Å². The molecule has 3 rings (SSSR count). The van der Waals surface area contributed by atoms with Crippen LogP contribution in [0.2, 0.25) is 10.0 Å². The predicted octanol–water partition coefficient (Wildman–Crippen LogP) is 6.16. The number of anilines is 1. The van der Waals surface area contributed by atoms with Gasteiger partial charge in [0.15, 0.2) is 11.5 Å². The van der Waals surface area contributed by atoms with Gasteiger partial charge in [-0.15, -0.1) is 0 Å². The molecule has 0 aliphatic carbocycles. The number of halogens is 2. The van der Waals surface area contributed by atoms with Crippen molar-refractivity contribution >= 4 is 50.7 Å². The summed E-state index contributed by atoms with van der Waals surface area (Å²) in [5, 5.41) is 3.52. The fourth-order valence-corrected chi connectivity index (χ4v) is 6.58. The largest absolute Gasteiger partial charge is 0.493 e. The van der Waals surface area contributed by atoms with Crippen LogP contribution < -0.4 is 19.1 Å². The van der Waals surface area contributed by atoms with Gasteiger partial charge in [0.25, 0.3) is 10.0 Å². The van der Waals surface area contributed by atoms with Gasteiger partial charge in [-0.3, -0.25) is 13.9 Å². The Hall–Kier alpha value is -3.47. The Kier molecular flexibility index (Phi) is 12.3. The highest BCUT2D eigenvalue weighted by molar-refractivity contribution is 7.92. The summed E-state index contributed by atoms with van der Waals surface area (Å²) in [6, 6.07) is 13.7. The molecule has 1 unspecified atom stereocenters. The van der Waals surface area contributed by atoms with Crippen LogP contribution >= 0.6 is 23.2 Å². The van der Waals surface area contributed by atoms with Crippen LogP contribution in [0.25, 0.3) is 0 Å². The second-order valence-corrected chi connectivity index (χ2v) is 13.0. The maximum absolute atomic E-state index is 14.3. The summed E-state index contributed by atoms with van der Waals surface area (Å²) in [7, 11) is -1.45. The normalized spacial score (nSPS) is 11.9. The number of methoxy groups -OCH3 is 2. The maximum atomic E-state index is 14.3. The zero-order valence-corrected chi connectivity index (χ0v) is 28.1. The second kappa shape index (κ2) is 15.5. The molecule has 0 spiro atoms. The fraction of sp³-hybridized carbons (Fsp3) is 0.375. The maximum Gasteiger partial charge on any atom is 0.264 e. The van der Waals surface area contributed by atoms with Crippen molar-refractivity contribution in [1.29, 1.82) is 0 Å². The van der Waals surface area contributed by atoms with Crippen molar-refractivity contribution in [2.45, 2.75) is 58.0 Å². The van der Waals surface area contributed by atoms with Crippen molar-refractivity contribution in [3.63, 3.8) is 0 Å². The molecule has 0 aliphatic rings. The zero-order chi connectivity index (χ0) is 32.6. The Morgan fingerprint density at radius 3 is 2.11 bits per heavy atom. The molecule has 1 N–H and O–H groups in total. The number of nitrogens with one attached hydrogen (secondary N) is 1. The van der Waals surface area contributed by atoms with E-state index in [4.69, 9.17) is 32.7 Å². The molecule has 44 heavy (non-hydrogen) atoms. The Balaban J connectivity index is 2.14. The van der Waals surface area contributed by atoms with Gasteiger partial charge in [0.05, 0.1) is 34.8 Å². The number of rotatable bonds is 14. The number of carbonyl (C=O) groups is 2. The molecule has 0 aliphatic heterocycles. The molecule has 0 saturated heterocycles. The molecule has 12 heteroatoms. The number of hydrogen-bond acceptors (Lipinski definition) is 6. The molecule has 238 valence electrons. The van der Waals surface area contributed by atoms with Gasteiger partial charge in [0.2, 0.25) is 11.8 Å². The van der Waals surface area contributed by atoms with Gasteiger partial charge in [-0.05, 0) is 79.8 Å². The third kappa shape index (κ3) is 8.37. The molecule has 0 fully saturated rings. The van der Waals surface area contributed by atoms with E-state index in [1.54, 1.807) is 37.3 Å². The molecule has 0 aromatic heterocycles. The van der Waals surface area contributed by atoms with Gasteiger partial charge in [0.1, 0.15) is 12.6 Å². The Morgan fingerprint density at radius 1 is 0.886 bits per heavy atom. The molecule has 3 aromatic rings. The van der Waals surface area contributed by atoms with E-state index in [1.807, 2.05) is 26.8 Å². The molecule has 0 saturated carbocycles. The number of sulfonamides is 1. The third-order valence-corrected chi connectivity index (χ3v) is 9.50. The molecular weight excluding hydrogens is 625 g/mol. The quantitative estimate of drug-likeness (QED) is 0.222. The van der Waals surface area contributed by atoms with E-state index in [2.05, 4.69) is 5.32 Å². The highest BCUT2D eigenvalue weighted by Crippen LogP contribution is 2.33. The highest BCUT2D eigenvalue weighted by Gasteiger charge is 2.34. The topological polar surface area (TPSA) is 105 Å². The minimum Gasteiger partial charge on any atom is -0.493 e. The van der Waals surface area contributed by atoms with Crippen LogP contribution in [0.1, 0.15) is 43.4 Å². The first-order valence-electron chi connectivity index (χ1n) is 14.2. The standard InChI is InChI=1S/C32H39Cl2N3O6S/c1-7-13-35-32(39)28(8-2)36(19-23-9-11-26(33)27(34)17-23)31(38)20-37(24-15-21(3)14-22(4)16-24)44(40,41)25-10-12-29(42-5)30(18-25)43-6/h9-12,14-18,28H,7-8,13,19-20H2,1-6H3,(H,35,39). The lowest BCUT2D eigenvalue weighted by molar-refractivity contribution is -0.140. The SMILES string of the molecule is CCCNC(=O)C(CC)N(Cc1ccc(Cl)c(Cl)c1)C(=O)CN(c1cc(C)cc(C)c1)S(=O)(=O)c1ccc(OC)c(OC)c1. The van der Waals surface area contributed by atoms with E-state index >= 15 is 0 Å². The number of hydrogen-bond donors (Lipinski definition) is 1. The molecule has 2 amide bonds. The Labute approximate surface area is 270 Å². The number of ether oxygens (including phenoxy) is 2. The van der Waals surface area contributed by atoms with Gasteiger partial charge in [-0.25, -0.2) is 8.42 Å². The lowest BCUT2D eigenvalue weighted by Gasteiger charge is -2.33. The molecule has 1 atom stereocenters. The van der Waals surface area contributed by atoms with E-state index in [9.17, 15) is 18.0 Å². The van der Waals surface area contributed by atoms with Crippen molar-refractivity contribution in [3.05, 3.63) is 81.3 Å². The van der Waals surface area contributed by atoms with Gasteiger partial charge >= 0.3 is 0 Å². The van der Waals surface area contributed by atoms with Crippen LogP contribution in [0.5, 0.6) is 11.5 Å². The minimum atomic E-state index is -4.31. The minimum absolute atomic E-state index is 0.00483. The lowest BCUT2D eigenvalue weighted by atomic mass is 10.1. The molecule has 3 aromatic carbocycles. The first-order valence-corrected chi connectivity index (χ1v) is 16.4. The third-order valence-electron chi connectivity index (χ3n) is 6.99. The summed E-state index contributed by atoms with van der Waals surface area (Å²) in [6.45, 7) is 7.30. The molecule has 0 heterocycles. The Bertz CT molecular complexity index is 1580. The number of nitrogens with zero attached hydrogens (tertiary/aromatic N) is 2. The van der Waals surface area contributed by atoms with E-state index in [0.717, 1.165) is 15.4 Å². The van der Waals surface area contributed by atoms with Crippen LogP contribution in [0.15, 0.2) is 59.5 Å². The summed E-state index contributed by atoms with van der Waals surface area (Å²) in [4.78, 5) is 28.8. The van der Waals surface area contributed by atoms with E-state index in [1.165, 1.54) is 37.3 Å². The lowest BCUT2D eigenvalue weighted by Crippen LogP contribution is -2.52. The van der Waals surface area contributed by atoms with Crippen molar-refractivity contribution in [1.82, 2.24) is 10.2 Å². The van der Waals surface area contributed by atoms with Crippen molar-refractivity contribution < 1.29 is 27.5 Å². The summed E-state index contributed by atoms with van der Waals surface area (Å²) < 4.78 is 40.3. The molecule has 9 nitrogen and oxygen atoms in total. The van der Waals surface area contributed by atoms with Crippen LogP contribution in [0.3, 0.4) is 0 Å². The molecule has 0 radical (unpaired) electrons. The van der Waals surface area contributed by atoms with Crippen molar-refractivity contribution in [2.24, 2.45) is 0 Å². The zero-order valence-electron chi connectivity index (χ0n) is 25.8. The Morgan fingerprint density at radius 2 is 1.55 bits per heavy atom. The fourth-order valence-electron chi connectivity index (χ4n) is 4.85. The van der Waals surface area contributed by atoms with Crippen molar-refractivity contribution in [2.75, 3.05) is 31.6 Å². The van der Waals surface area contributed by atoms with E-state index in [0.29, 0.717) is 46.4 Å². The van der Waals surface area contributed by atoms with Gasteiger partial charge in [-0.2, -0.15) is 0 Å². The molecular formula is C32H39Cl2N3O6S. The van der Waals surface area contributed by atoms with Crippen LogP contribution in [-0.4, -0.2) is 58.5 Å². The summed E-state index contributed by atoms with van der Waals surface area (Å²) in [6.07, 6.45) is 1.02. The number of benzene rings is 3. The number of amides is 2. The van der Waals surface area contributed by atoms with Gasteiger partial charge in [0, 0.05) is 19.2 Å². The van der Waals surface area contributed by atoms with Crippen molar-refractivity contribution in [3.8, 4) is 11.5 Å². The van der Waals surface area contributed by atoms with E-state index in [-0.39, 0.29) is 23.1 Å². The number of aryl methyl sites for hydroxylation is 2. The smallest absolute Gasteiger partial charge is 0.264 e. The summed E-state index contributed by atoms with van der Waals surface area (Å²) >= 11 is 12.4. The predicted molar refractivity (Wildman–Crippen MR) is 174 cm³/mol. The van der Waals surface area contributed by atoms with Gasteiger partial charge < -0.3 is 19.7 Å².